The maximum atomic E-state index is 10.6. The Morgan fingerprint density at radius 2 is 1.74 bits per heavy atom. The van der Waals surface area contributed by atoms with Crippen molar-refractivity contribution >= 4 is 5.97 Å². The van der Waals surface area contributed by atoms with E-state index in [0.717, 1.165) is 17.9 Å². The van der Waals surface area contributed by atoms with Gasteiger partial charge in [0.05, 0.1) is 6.10 Å². The van der Waals surface area contributed by atoms with Crippen LogP contribution in [0.1, 0.15) is 37.9 Å². The standard InChI is InChI=1S/C22H26N2O3.C2HF3O2/c1-15(2)26-20-7-5-6-17(12-20)14-24(4)16(3)18-8-10-19(11-9-18)21-13-22(25)23-27-21;3-2(4,5)1(6)7/h5-13,15-16H,14H2,1-4H3,(H,23,25);(H,6,7). The number of hydrogen-bond donors (Lipinski definition) is 2. The predicted octanol–water partition coefficient (Wildman–Crippen LogP) is 5.66. The number of hydrogen-bond acceptors (Lipinski definition) is 6. The molecular formula is C24H27F3N2O5. The minimum atomic E-state index is -5.08. The minimum absolute atomic E-state index is 0.106. The number of benzene rings is 2. The molecule has 1 atom stereocenters. The van der Waals surface area contributed by atoms with Gasteiger partial charge in [-0.05, 0) is 56.2 Å². The molecule has 0 saturated carbocycles. The summed E-state index contributed by atoms with van der Waals surface area (Å²) in [7, 11) is 2.11. The Morgan fingerprint density at radius 1 is 1.12 bits per heavy atom. The lowest BCUT2D eigenvalue weighted by atomic mass is 10.0. The highest BCUT2D eigenvalue weighted by molar-refractivity contribution is 5.73. The number of ether oxygens (including phenoxy) is 1. The van der Waals surface area contributed by atoms with E-state index in [1.165, 1.54) is 17.2 Å². The molecule has 0 saturated heterocycles. The van der Waals surface area contributed by atoms with Crippen LogP contribution in [-0.2, 0) is 11.3 Å². The largest absolute Gasteiger partial charge is 0.491 e. The zero-order valence-corrected chi connectivity index (χ0v) is 19.2. The van der Waals surface area contributed by atoms with Gasteiger partial charge < -0.3 is 19.5 Å². The summed E-state index contributed by atoms with van der Waals surface area (Å²) in [5.41, 5.74) is 3.32. The fourth-order valence-corrected chi connectivity index (χ4v) is 3.00. The van der Waals surface area contributed by atoms with Crippen LogP contribution in [0.15, 0.2) is 59.1 Å². The number of halogens is 3. The highest BCUT2D eigenvalue weighted by Crippen LogP contribution is 2.27. The normalized spacial score (nSPS) is 12.3. The molecule has 0 amide bonds. The van der Waals surface area contributed by atoms with Crippen molar-refractivity contribution in [3.05, 3.63) is 65.7 Å². The van der Waals surface area contributed by atoms with Crippen LogP contribution in [0.4, 0.5) is 13.2 Å². The predicted molar refractivity (Wildman–Crippen MR) is 119 cm³/mol. The topological polar surface area (TPSA) is 96.0 Å². The number of aromatic nitrogens is 1. The van der Waals surface area contributed by atoms with Gasteiger partial charge in [0.2, 0.25) is 0 Å². The molecule has 2 N–H and O–H groups in total. The number of aliphatic carboxylic acids is 1. The van der Waals surface area contributed by atoms with Crippen LogP contribution in [0.5, 0.6) is 11.6 Å². The highest BCUT2D eigenvalue weighted by atomic mass is 19.4. The van der Waals surface area contributed by atoms with E-state index >= 15 is 0 Å². The molecule has 0 aliphatic carbocycles. The Labute approximate surface area is 195 Å². The maximum Gasteiger partial charge on any atom is 0.490 e. The van der Waals surface area contributed by atoms with E-state index in [9.17, 15) is 18.3 Å². The molecule has 0 fully saturated rings. The summed E-state index contributed by atoms with van der Waals surface area (Å²) in [5.74, 6) is -1.40. The lowest BCUT2D eigenvalue weighted by molar-refractivity contribution is -0.192. The van der Waals surface area contributed by atoms with E-state index in [4.69, 9.17) is 19.2 Å². The molecule has 0 aliphatic heterocycles. The average Bonchev–Trinajstić information content (AvgIpc) is 3.19. The molecule has 1 heterocycles. The van der Waals surface area contributed by atoms with Gasteiger partial charge in [-0.25, -0.2) is 4.79 Å². The van der Waals surface area contributed by atoms with E-state index in [0.29, 0.717) is 5.76 Å². The summed E-state index contributed by atoms with van der Waals surface area (Å²) in [5, 5.41) is 20.0. The molecule has 3 rings (SSSR count). The molecule has 3 aromatic rings. The van der Waals surface area contributed by atoms with E-state index in [1.54, 1.807) is 0 Å². The Bertz CT molecular complexity index is 1060. The fraction of sp³-hybridized carbons (Fsp3) is 0.333. The number of carbonyl (C=O) groups is 1. The van der Waals surface area contributed by atoms with E-state index < -0.39 is 12.1 Å². The molecule has 0 aliphatic rings. The van der Waals surface area contributed by atoms with E-state index in [2.05, 4.69) is 48.3 Å². The average molecular weight is 480 g/mol. The molecule has 184 valence electrons. The maximum absolute atomic E-state index is 10.6. The first-order valence-electron chi connectivity index (χ1n) is 10.4. The van der Waals surface area contributed by atoms with Crippen molar-refractivity contribution in [1.29, 1.82) is 0 Å². The van der Waals surface area contributed by atoms with Gasteiger partial charge in [-0.15, -0.1) is 0 Å². The van der Waals surface area contributed by atoms with Gasteiger partial charge >= 0.3 is 12.1 Å². The van der Waals surface area contributed by atoms with E-state index in [-0.39, 0.29) is 18.0 Å². The van der Waals surface area contributed by atoms with Gasteiger partial charge in [0.15, 0.2) is 5.76 Å². The lowest BCUT2D eigenvalue weighted by Gasteiger charge is -2.25. The van der Waals surface area contributed by atoms with Crippen molar-refractivity contribution in [2.24, 2.45) is 0 Å². The van der Waals surface area contributed by atoms with Gasteiger partial charge in [0, 0.05) is 24.2 Å². The van der Waals surface area contributed by atoms with Crippen LogP contribution in [-0.4, -0.2) is 45.6 Å². The number of carboxylic acid groups (broad SMARTS) is 1. The van der Waals surface area contributed by atoms with E-state index in [1.807, 2.05) is 38.1 Å². The molecule has 0 spiro atoms. The second-order valence-corrected chi connectivity index (χ2v) is 7.88. The van der Waals surface area contributed by atoms with Crippen LogP contribution < -0.4 is 4.74 Å². The van der Waals surface area contributed by atoms with Crippen LogP contribution in [0.2, 0.25) is 0 Å². The smallest absolute Gasteiger partial charge is 0.490 e. The summed E-state index contributed by atoms with van der Waals surface area (Å²) >= 11 is 0. The van der Waals surface area contributed by atoms with Crippen LogP contribution >= 0.6 is 0 Å². The Hall–Kier alpha value is -3.53. The summed E-state index contributed by atoms with van der Waals surface area (Å²) in [6.07, 6.45) is -4.92. The zero-order valence-electron chi connectivity index (χ0n) is 19.2. The summed E-state index contributed by atoms with van der Waals surface area (Å²) in [6, 6.07) is 18.1. The molecular weight excluding hydrogens is 453 g/mol. The number of rotatable bonds is 7. The van der Waals surface area contributed by atoms with Crippen molar-refractivity contribution in [1.82, 2.24) is 10.1 Å². The molecule has 7 nitrogen and oxygen atoms in total. The first kappa shape index (κ1) is 26.7. The van der Waals surface area contributed by atoms with Crippen LogP contribution in [0.3, 0.4) is 0 Å². The van der Waals surface area contributed by atoms with Crippen molar-refractivity contribution in [2.45, 2.75) is 45.6 Å². The Morgan fingerprint density at radius 3 is 2.24 bits per heavy atom. The summed E-state index contributed by atoms with van der Waals surface area (Å²) in [4.78, 5) is 11.2. The number of nitrogens with zero attached hydrogens (tertiary/aromatic N) is 2. The summed E-state index contributed by atoms with van der Waals surface area (Å²) in [6.45, 7) is 7.08. The van der Waals surface area contributed by atoms with Gasteiger partial charge in [0.25, 0.3) is 5.88 Å². The molecule has 1 aromatic heterocycles. The van der Waals surface area contributed by atoms with Gasteiger partial charge in [0.1, 0.15) is 5.75 Å². The monoisotopic (exact) mass is 480 g/mol. The zero-order chi connectivity index (χ0) is 25.5. The molecule has 0 radical (unpaired) electrons. The third-order valence-electron chi connectivity index (χ3n) is 4.78. The Kier molecular flexibility index (Phi) is 9.08. The minimum Gasteiger partial charge on any atom is -0.491 e. The molecule has 2 aromatic carbocycles. The number of alkyl halides is 3. The fourth-order valence-electron chi connectivity index (χ4n) is 3.00. The molecule has 0 bridgehead atoms. The van der Waals surface area contributed by atoms with Crippen molar-refractivity contribution in [3.63, 3.8) is 0 Å². The second kappa shape index (κ2) is 11.6. The Balaban J connectivity index is 0.000000509. The quantitative estimate of drug-likeness (QED) is 0.450. The number of carboxylic acids is 1. The van der Waals surface area contributed by atoms with Gasteiger partial charge in [-0.3, -0.25) is 4.90 Å². The van der Waals surface area contributed by atoms with Crippen molar-refractivity contribution in [3.8, 4) is 23.0 Å². The molecule has 1 unspecified atom stereocenters. The van der Waals surface area contributed by atoms with Gasteiger partial charge in [-0.1, -0.05) is 36.4 Å². The SMILES string of the molecule is CC(C)Oc1cccc(CN(C)C(C)c2ccc(-c3cc(O)no3)cc2)c1.O=C(O)C(F)(F)F. The van der Waals surface area contributed by atoms with Crippen LogP contribution in [0.25, 0.3) is 11.3 Å². The van der Waals surface area contributed by atoms with Crippen LogP contribution in [0, 0.1) is 0 Å². The van der Waals surface area contributed by atoms with Gasteiger partial charge in [-0.2, -0.15) is 13.2 Å². The second-order valence-electron chi connectivity index (χ2n) is 7.88. The number of aromatic hydroxyl groups is 1. The lowest BCUT2D eigenvalue weighted by Crippen LogP contribution is -2.22. The molecule has 10 heteroatoms. The summed E-state index contributed by atoms with van der Waals surface area (Å²) < 4.78 is 42.6. The first-order valence-corrected chi connectivity index (χ1v) is 10.4. The van der Waals surface area contributed by atoms with Crippen molar-refractivity contribution in [2.75, 3.05) is 7.05 Å². The molecule has 34 heavy (non-hydrogen) atoms. The van der Waals surface area contributed by atoms with Crippen molar-refractivity contribution < 1.29 is 37.4 Å². The third kappa shape index (κ3) is 8.11. The first-order chi connectivity index (χ1) is 15.9. The highest BCUT2D eigenvalue weighted by Gasteiger charge is 2.38. The third-order valence-corrected chi connectivity index (χ3v) is 4.78.